The average molecular weight is 359 g/mol. The van der Waals surface area contributed by atoms with E-state index >= 15 is 0 Å². The molecule has 0 radical (unpaired) electrons. The zero-order chi connectivity index (χ0) is 17.6. The Bertz CT molecular complexity index is 703. The van der Waals surface area contributed by atoms with E-state index in [4.69, 9.17) is 11.6 Å². The fourth-order valence-electron chi connectivity index (χ4n) is 3.72. The van der Waals surface area contributed by atoms with Crippen molar-refractivity contribution in [3.63, 3.8) is 0 Å². The zero-order valence-electron chi connectivity index (χ0n) is 15.0. The third-order valence-electron chi connectivity index (χ3n) is 5.08. The number of hydrogen-bond acceptors (Lipinski definition) is 1. The van der Waals surface area contributed by atoms with Crippen LogP contribution in [0.1, 0.15) is 50.3 Å². The van der Waals surface area contributed by atoms with Crippen LogP contribution in [0.5, 0.6) is 0 Å². The van der Waals surface area contributed by atoms with Crippen LogP contribution in [-0.2, 0) is 17.9 Å². The topological polar surface area (TPSA) is 25.2 Å². The Hall–Kier alpha value is -1.74. The average Bonchev–Trinajstić information content (AvgIpc) is 3.28. The van der Waals surface area contributed by atoms with Crippen molar-refractivity contribution in [2.75, 3.05) is 6.54 Å². The van der Waals surface area contributed by atoms with Crippen molar-refractivity contribution in [3.8, 4) is 0 Å². The lowest BCUT2D eigenvalue weighted by molar-refractivity contribution is -0.136. The van der Waals surface area contributed by atoms with E-state index in [-0.39, 0.29) is 5.92 Å². The van der Waals surface area contributed by atoms with Crippen molar-refractivity contribution >= 4 is 17.5 Å². The van der Waals surface area contributed by atoms with Crippen molar-refractivity contribution in [3.05, 3.63) is 58.9 Å². The number of carbonyl (C=O) groups is 1. The maximum absolute atomic E-state index is 12.9. The van der Waals surface area contributed by atoms with Gasteiger partial charge in [-0.1, -0.05) is 49.6 Å². The molecule has 0 N–H and O–H groups in total. The van der Waals surface area contributed by atoms with Gasteiger partial charge in [0.1, 0.15) is 0 Å². The van der Waals surface area contributed by atoms with Gasteiger partial charge in [0.2, 0.25) is 5.91 Å². The SMILES string of the molecule is CCCN(Cc1cccn1Cc1ccccc1Cl)C(=O)C1CCCC1. The van der Waals surface area contributed by atoms with Crippen LogP contribution < -0.4 is 0 Å². The first-order valence-electron chi connectivity index (χ1n) is 9.35. The Morgan fingerprint density at radius 2 is 1.96 bits per heavy atom. The highest BCUT2D eigenvalue weighted by Gasteiger charge is 2.27. The van der Waals surface area contributed by atoms with Crippen LogP contribution in [0.15, 0.2) is 42.6 Å². The molecule has 0 saturated heterocycles. The molecule has 1 aliphatic rings. The van der Waals surface area contributed by atoms with Crippen LogP contribution in [0.3, 0.4) is 0 Å². The van der Waals surface area contributed by atoms with Gasteiger partial charge < -0.3 is 9.47 Å². The van der Waals surface area contributed by atoms with Crippen LogP contribution in [0.2, 0.25) is 5.02 Å². The molecule has 1 aromatic heterocycles. The molecule has 1 aliphatic carbocycles. The van der Waals surface area contributed by atoms with E-state index < -0.39 is 0 Å². The second kappa shape index (κ2) is 8.57. The van der Waals surface area contributed by atoms with Crippen molar-refractivity contribution < 1.29 is 4.79 Å². The quantitative estimate of drug-likeness (QED) is 0.674. The minimum atomic E-state index is 0.235. The van der Waals surface area contributed by atoms with Crippen molar-refractivity contribution in [1.82, 2.24) is 9.47 Å². The smallest absolute Gasteiger partial charge is 0.226 e. The minimum Gasteiger partial charge on any atom is -0.345 e. The molecule has 0 bridgehead atoms. The molecule has 2 aromatic rings. The normalized spacial score (nSPS) is 14.8. The first-order chi connectivity index (χ1) is 12.2. The molecule has 1 fully saturated rings. The van der Waals surface area contributed by atoms with Gasteiger partial charge in [0.05, 0.1) is 6.54 Å². The Kier molecular flexibility index (Phi) is 6.19. The third kappa shape index (κ3) is 4.46. The number of nitrogens with zero attached hydrogens (tertiary/aromatic N) is 2. The highest BCUT2D eigenvalue weighted by atomic mass is 35.5. The highest BCUT2D eigenvalue weighted by molar-refractivity contribution is 6.31. The van der Waals surface area contributed by atoms with Crippen molar-refractivity contribution in [2.45, 2.75) is 52.1 Å². The number of aromatic nitrogens is 1. The molecule has 25 heavy (non-hydrogen) atoms. The number of benzene rings is 1. The molecule has 4 heteroatoms. The van der Waals surface area contributed by atoms with E-state index in [1.807, 2.05) is 18.2 Å². The maximum Gasteiger partial charge on any atom is 0.226 e. The molecule has 3 nitrogen and oxygen atoms in total. The fraction of sp³-hybridized carbons (Fsp3) is 0.476. The van der Waals surface area contributed by atoms with E-state index in [0.29, 0.717) is 12.5 Å². The number of carbonyl (C=O) groups excluding carboxylic acids is 1. The number of hydrogen-bond donors (Lipinski definition) is 0. The lowest BCUT2D eigenvalue weighted by atomic mass is 10.1. The standard InChI is InChI=1S/C21H27ClN2O/c1-2-13-24(21(25)17-8-3-4-9-17)16-19-11-7-14-23(19)15-18-10-5-6-12-20(18)22/h5-7,10-12,14,17H,2-4,8-9,13,15-16H2,1H3. The van der Waals surface area contributed by atoms with Gasteiger partial charge in [0.25, 0.3) is 0 Å². The van der Waals surface area contributed by atoms with Crippen molar-refractivity contribution in [1.29, 1.82) is 0 Å². The van der Waals surface area contributed by atoms with Gasteiger partial charge >= 0.3 is 0 Å². The molecule has 0 spiro atoms. The molecule has 0 atom stereocenters. The van der Waals surface area contributed by atoms with Crippen LogP contribution in [0.4, 0.5) is 0 Å². The van der Waals surface area contributed by atoms with Crippen molar-refractivity contribution in [2.24, 2.45) is 5.92 Å². The van der Waals surface area contributed by atoms with Gasteiger partial charge in [-0.25, -0.2) is 0 Å². The molecule has 134 valence electrons. The summed E-state index contributed by atoms with van der Waals surface area (Å²) >= 11 is 6.31. The summed E-state index contributed by atoms with van der Waals surface area (Å²) in [6, 6.07) is 12.1. The third-order valence-corrected chi connectivity index (χ3v) is 5.45. The molecule has 1 aromatic carbocycles. The Morgan fingerprint density at radius 3 is 2.68 bits per heavy atom. The van der Waals surface area contributed by atoms with Gasteiger partial charge in [-0.05, 0) is 43.0 Å². The molecule has 1 saturated carbocycles. The summed E-state index contributed by atoms with van der Waals surface area (Å²) in [6.07, 6.45) is 7.56. The maximum atomic E-state index is 12.9. The predicted octanol–water partition coefficient (Wildman–Crippen LogP) is 5.12. The number of amides is 1. The molecular formula is C21H27ClN2O. The van der Waals surface area contributed by atoms with E-state index in [9.17, 15) is 4.79 Å². The predicted molar refractivity (Wildman–Crippen MR) is 103 cm³/mol. The minimum absolute atomic E-state index is 0.235. The molecular weight excluding hydrogens is 332 g/mol. The second-order valence-corrected chi connectivity index (χ2v) is 7.37. The zero-order valence-corrected chi connectivity index (χ0v) is 15.7. The summed E-state index contributed by atoms with van der Waals surface area (Å²) in [4.78, 5) is 14.9. The van der Waals surface area contributed by atoms with E-state index in [1.165, 1.54) is 18.5 Å². The van der Waals surface area contributed by atoms with Crippen LogP contribution in [0.25, 0.3) is 0 Å². The monoisotopic (exact) mass is 358 g/mol. The summed E-state index contributed by atoms with van der Waals surface area (Å²) < 4.78 is 2.20. The van der Waals surface area contributed by atoms with Crippen LogP contribution >= 0.6 is 11.6 Å². The Balaban J connectivity index is 1.73. The molecule has 0 unspecified atom stereocenters. The number of halogens is 1. The number of rotatable bonds is 7. The van der Waals surface area contributed by atoms with E-state index in [0.717, 1.165) is 42.9 Å². The van der Waals surface area contributed by atoms with Gasteiger partial charge in [-0.15, -0.1) is 0 Å². The highest BCUT2D eigenvalue weighted by Crippen LogP contribution is 2.27. The summed E-state index contributed by atoms with van der Waals surface area (Å²) in [5.74, 6) is 0.573. The fourth-order valence-corrected chi connectivity index (χ4v) is 3.92. The largest absolute Gasteiger partial charge is 0.345 e. The molecule has 1 amide bonds. The van der Waals surface area contributed by atoms with E-state index in [2.05, 4.69) is 40.8 Å². The molecule has 0 aliphatic heterocycles. The lowest BCUT2D eigenvalue weighted by Crippen LogP contribution is -2.36. The summed E-state index contributed by atoms with van der Waals surface area (Å²) in [5.41, 5.74) is 2.27. The first-order valence-corrected chi connectivity index (χ1v) is 9.73. The molecule has 3 rings (SSSR count). The van der Waals surface area contributed by atoms with E-state index in [1.54, 1.807) is 0 Å². The Morgan fingerprint density at radius 1 is 1.20 bits per heavy atom. The lowest BCUT2D eigenvalue weighted by Gasteiger charge is -2.26. The summed E-state index contributed by atoms with van der Waals surface area (Å²) in [6.45, 7) is 4.38. The van der Waals surface area contributed by atoms with Gasteiger partial charge in [-0.2, -0.15) is 0 Å². The van der Waals surface area contributed by atoms with Gasteiger partial charge in [0, 0.05) is 35.9 Å². The van der Waals surface area contributed by atoms with Gasteiger partial charge in [-0.3, -0.25) is 4.79 Å². The summed E-state index contributed by atoms with van der Waals surface area (Å²) in [5, 5.41) is 0.787. The Labute approximate surface area is 155 Å². The first kappa shape index (κ1) is 18.1. The van der Waals surface area contributed by atoms with Crippen LogP contribution in [0, 0.1) is 5.92 Å². The van der Waals surface area contributed by atoms with Gasteiger partial charge in [0.15, 0.2) is 0 Å². The molecule has 1 heterocycles. The van der Waals surface area contributed by atoms with Crippen LogP contribution in [-0.4, -0.2) is 21.9 Å². The second-order valence-electron chi connectivity index (χ2n) is 6.96. The summed E-state index contributed by atoms with van der Waals surface area (Å²) in [7, 11) is 0.